The Balaban J connectivity index is 2.21. The van der Waals surface area contributed by atoms with Crippen LogP contribution in [0.2, 0.25) is 5.15 Å². The molecule has 2 heterocycles. The third-order valence-electron chi connectivity index (χ3n) is 3.33. The molecule has 0 saturated heterocycles. The Kier molecular flexibility index (Phi) is 3.90. The van der Waals surface area contributed by atoms with Crippen molar-refractivity contribution in [2.45, 2.75) is 0 Å². The number of pyridine rings is 1. The Morgan fingerprint density at radius 3 is 2.73 bits per heavy atom. The highest BCUT2D eigenvalue weighted by atomic mass is 35.5. The van der Waals surface area contributed by atoms with Gasteiger partial charge in [0.05, 0.1) is 17.9 Å². The SMILES string of the molecule is C#CCN1C(=O)CN=C(c2ccccc2)c2nc(Cl)ccc21. The average molecular weight is 310 g/mol. The zero-order valence-electron chi connectivity index (χ0n) is 11.7. The first-order chi connectivity index (χ1) is 10.7. The zero-order chi connectivity index (χ0) is 15.5. The molecule has 0 unspecified atom stereocenters. The van der Waals surface area contributed by atoms with Crippen LogP contribution in [0.1, 0.15) is 11.3 Å². The molecule has 0 bridgehead atoms. The first-order valence-electron chi connectivity index (χ1n) is 6.71. The van der Waals surface area contributed by atoms with Gasteiger partial charge in [-0.3, -0.25) is 14.7 Å². The van der Waals surface area contributed by atoms with Crippen molar-refractivity contribution in [3.8, 4) is 12.3 Å². The molecule has 0 N–H and O–H groups in total. The first kappa shape index (κ1) is 14.3. The molecule has 22 heavy (non-hydrogen) atoms. The molecule has 4 nitrogen and oxygen atoms in total. The van der Waals surface area contributed by atoms with Gasteiger partial charge in [0.15, 0.2) is 0 Å². The summed E-state index contributed by atoms with van der Waals surface area (Å²) < 4.78 is 0. The topological polar surface area (TPSA) is 45.6 Å². The molecule has 1 aliphatic rings. The van der Waals surface area contributed by atoms with E-state index >= 15 is 0 Å². The lowest BCUT2D eigenvalue weighted by molar-refractivity contribution is -0.117. The van der Waals surface area contributed by atoms with E-state index in [0.717, 1.165) is 5.56 Å². The number of terminal acetylenes is 1. The number of anilines is 1. The van der Waals surface area contributed by atoms with Crippen molar-refractivity contribution in [1.82, 2.24) is 4.98 Å². The van der Waals surface area contributed by atoms with Crippen molar-refractivity contribution in [1.29, 1.82) is 0 Å². The van der Waals surface area contributed by atoms with E-state index in [1.165, 1.54) is 4.90 Å². The van der Waals surface area contributed by atoms with Crippen molar-refractivity contribution in [3.05, 3.63) is 58.9 Å². The number of rotatable bonds is 2. The molecule has 0 fully saturated rings. The maximum absolute atomic E-state index is 12.3. The molecule has 0 spiro atoms. The number of aromatic nitrogens is 1. The standard InChI is InChI=1S/C17H12ClN3O/c1-2-10-21-13-8-9-14(18)20-17(13)16(19-11-15(21)22)12-6-4-3-5-7-12/h1,3-9H,10-11H2. The molecule has 1 aliphatic heterocycles. The van der Waals surface area contributed by atoms with Crippen molar-refractivity contribution in [2.75, 3.05) is 18.0 Å². The largest absolute Gasteiger partial charge is 0.297 e. The number of hydrogen-bond acceptors (Lipinski definition) is 3. The number of aliphatic imine (C=N–C) groups is 1. The monoisotopic (exact) mass is 309 g/mol. The Labute approximate surface area is 133 Å². The molecular weight excluding hydrogens is 298 g/mol. The van der Waals surface area contributed by atoms with Gasteiger partial charge in [-0.15, -0.1) is 6.42 Å². The van der Waals surface area contributed by atoms with Crippen LogP contribution in [0.25, 0.3) is 0 Å². The zero-order valence-corrected chi connectivity index (χ0v) is 12.4. The van der Waals surface area contributed by atoms with Crippen LogP contribution in [0.4, 0.5) is 5.69 Å². The van der Waals surface area contributed by atoms with Crippen molar-refractivity contribution in [2.24, 2.45) is 4.99 Å². The van der Waals surface area contributed by atoms with Crippen LogP contribution in [-0.4, -0.2) is 29.7 Å². The Hall–Kier alpha value is -2.64. The summed E-state index contributed by atoms with van der Waals surface area (Å²) in [6.45, 7) is 0.201. The van der Waals surface area contributed by atoms with Gasteiger partial charge in [-0.2, -0.15) is 0 Å². The summed E-state index contributed by atoms with van der Waals surface area (Å²) >= 11 is 6.03. The minimum absolute atomic E-state index is 0.0277. The normalized spacial score (nSPS) is 13.9. The molecule has 0 saturated carbocycles. The van der Waals surface area contributed by atoms with Gasteiger partial charge in [0.2, 0.25) is 5.91 Å². The fourth-order valence-electron chi connectivity index (χ4n) is 2.35. The quantitative estimate of drug-likeness (QED) is 0.632. The minimum Gasteiger partial charge on any atom is -0.297 e. The summed E-state index contributed by atoms with van der Waals surface area (Å²) in [6.07, 6.45) is 5.38. The summed E-state index contributed by atoms with van der Waals surface area (Å²) in [5.41, 5.74) is 2.73. The number of hydrogen-bond donors (Lipinski definition) is 0. The third kappa shape index (κ3) is 2.59. The number of nitrogens with zero attached hydrogens (tertiary/aromatic N) is 3. The van der Waals surface area contributed by atoms with Crippen LogP contribution in [-0.2, 0) is 4.79 Å². The van der Waals surface area contributed by atoms with Crippen molar-refractivity contribution in [3.63, 3.8) is 0 Å². The summed E-state index contributed by atoms with van der Waals surface area (Å²) in [6, 6.07) is 13.0. The molecule has 0 atom stereocenters. The van der Waals surface area contributed by atoms with Gasteiger partial charge < -0.3 is 0 Å². The van der Waals surface area contributed by atoms with Crippen LogP contribution in [0.3, 0.4) is 0 Å². The molecule has 3 rings (SSSR count). The van der Waals surface area contributed by atoms with Gasteiger partial charge in [-0.05, 0) is 12.1 Å². The molecule has 1 aromatic carbocycles. The highest BCUT2D eigenvalue weighted by Crippen LogP contribution is 2.26. The average Bonchev–Trinajstić information content (AvgIpc) is 2.66. The van der Waals surface area contributed by atoms with Crippen LogP contribution in [0.15, 0.2) is 47.5 Å². The van der Waals surface area contributed by atoms with E-state index in [4.69, 9.17) is 18.0 Å². The van der Waals surface area contributed by atoms with Crippen molar-refractivity contribution < 1.29 is 4.79 Å². The van der Waals surface area contributed by atoms with Crippen LogP contribution >= 0.6 is 11.6 Å². The maximum Gasteiger partial charge on any atom is 0.249 e. The van der Waals surface area contributed by atoms with Gasteiger partial charge in [-0.1, -0.05) is 47.9 Å². The third-order valence-corrected chi connectivity index (χ3v) is 3.54. The lowest BCUT2D eigenvalue weighted by Crippen LogP contribution is -2.33. The number of halogens is 1. The summed E-state index contributed by atoms with van der Waals surface area (Å²) in [4.78, 5) is 22.6. The number of benzene rings is 1. The van der Waals surface area contributed by atoms with Crippen LogP contribution in [0.5, 0.6) is 0 Å². The second kappa shape index (κ2) is 6.00. The molecule has 0 aliphatic carbocycles. The Morgan fingerprint density at radius 1 is 1.23 bits per heavy atom. The molecule has 1 aromatic heterocycles. The molecule has 5 heteroatoms. The van der Waals surface area contributed by atoms with E-state index in [1.807, 2.05) is 30.3 Å². The fraction of sp³-hybridized carbons (Fsp3) is 0.118. The molecular formula is C17H12ClN3O. The van der Waals surface area contributed by atoms with E-state index in [9.17, 15) is 4.79 Å². The lowest BCUT2D eigenvalue weighted by atomic mass is 10.1. The van der Waals surface area contributed by atoms with Gasteiger partial charge in [0.25, 0.3) is 0 Å². The molecule has 108 valence electrons. The van der Waals surface area contributed by atoms with Gasteiger partial charge >= 0.3 is 0 Å². The summed E-state index contributed by atoms with van der Waals surface area (Å²) in [5, 5.41) is 0.345. The number of amides is 1. The molecule has 0 radical (unpaired) electrons. The van der Waals surface area contributed by atoms with Gasteiger partial charge in [-0.25, -0.2) is 4.98 Å². The second-order valence-electron chi connectivity index (χ2n) is 4.72. The van der Waals surface area contributed by atoms with E-state index in [2.05, 4.69) is 15.9 Å². The highest BCUT2D eigenvalue weighted by molar-refractivity contribution is 6.30. The highest BCUT2D eigenvalue weighted by Gasteiger charge is 2.25. The predicted molar refractivity (Wildman–Crippen MR) is 87.4 cm³/mol. The van der Waals surface area contributed by atoms with E-state index in [1.54, 1.807) is 12.1 Å². The van der Waals surface area contributed by atoms with Gasteiger partial charge in [0, 0.05) is 5.56 Å². The smallest absolute Gasteiger partial charge is 0.249 e. The van der Waals surface area contributed by atoms with Crippen LogP contribution in [0, 0.1) is 12.3 Å². The molecule has 2 aromatic rings. The van der Waals surface area contributed by atoms with E-state index < -0.39 is 0 Å². The lowest BCUT2D eigenvalue weighted by Gasteiger charge is -2.20. The number of carbonyl (C=O) groups is 1. The fourth-order valence-corrected chi connectivity index (χ4v) is 2.50. The Morgan fingerprint density at radius 2 is 2.00 bits per heavy atom. The minimum atomic E-state index is -0.158. The number of carbonyl (C=O) groups excluding carboxylic acids is 1. The first-order valence-corrected chi connectivity index (χ1v) is 7.09. The molecule has 1 amide bonds. The predicted octanol–water partition coefficient (Wildman–Crippen LogP) is 2.55. The van der Waals surface area contributed by atoms with Crippen molar-refractivity contribution >= 4 is 28.9 Å². The van der Waals surface area contributed by atoms with E-state index in [0.29, 0.717) is 22.2 Å². The summed E-state index contributed by atoms with van der Waals surface area (Å²) in [7, 11) is 0. The van der Waals surface area contributed by atoms with Crippen LogP contribution < -0.4 is 4.90 Å². The number of fused-ring (bicyclic) bond motifs is 1. The second-order valence-corrected chi connectivity index (χ2v) is 5.10. The van der Waals surface area contributed by atoms with E-state index in [-0.39, 0.29) is 19.0 Å². The maximum atomic E-state index is 12.3. The Bertz CT molecular complexity index is 793. The van der Waals surface area contributed by atoms with Gasteiger partial charge in [0.1, 0.15) is 17.4 Å². The summed E-state index contributed by atoms with van der Waals surface area (Å²) in [5.74, 6) is 2.34.